The minimum absolute atomic E-state index is 0.0600. The number of nitrogens with zero attached hydrogens (tertiary/aromatic N) is 1. The fraction of sp³-hybridized carbons (Fsp3) is 0.0769. The molecule has 7 heteroatoms. The minimum atomic E-state index is -0.431. The summed E-state index contributed by atoms with van der Waals surface area (Å²) in [4.78, 5) is 10.3. The van der Waals surface area contributed by atoms with Gasteiger partial charge >= 0.3 is 0 Å². The van der Waals surface area contributed by atoms with E-state index in [2.05, 4.69) is 21.2 Å². The molecule has 2 rings (SSSR count). The van der Waals surface area contributed by atoms with Gasteiger partial charge in [0.2, 0.25) is 0 Å². The van der Waals surface area contributed by atoms with Gasteiger partial charge in [0.15, 0.2) is 0 Å². The molecule has 0 saturated heterocycles. The molecule has 0 aliphatic carbocycles. The van der Waals surface area contributed by atoms with E-state index in [0.717, 1.165) is 4.47 Å². The summed E-state index contributed by atoms with van der Waals surface area (Å²) in [6, 6.07) is 9.42. The van der Waals surface area contributed by atoms with Gasteiger partial charge < -0.3 is 5.32 Å². The lowest BCUT2D eigenvalue weighted by Gasteiger charge is -2.08. The fourth-order valence-electron chi connectivity index (χ4n) is 1.64. The number of benzene rings is 2. The highest BCUT2D eigenvalue weighted by atomic mass is 127. The van der Waals surface area contributed by atoms with E-state index in [0.29, 0.717) is 21.4 Å². The molecule has 0 atom stereocenters. The lowest BCUT2D eigenvalue weighted by atomic mass is 10.2. The van der Waals surface area contributed by atoms with Gasteiger partial charge in [-0.05, 0) is 52.9 Å². The lowest BCUT2D eigenvalue weighted by molar-refractivity contribution is -0.385. The van der Waals surface area contributed by atoms with Crippen molar-refractivity contribution in [1.29, 1.82) is 0 Å². The molecule has 0 amide bonds. The topological polar surface area (TPSA) is 55.2 Å². The molecule has 4 nitrogen and oxygen atoms in total. The Kier molecular flexibility index (Phi) is 4.92. The van der Waals surface area contributed by atoms with Gasteiger partial charge in [-0.3, -0.25) is 10.1 Å². The molecule has 0 aliphatic heterocycles. The largest absolute Gasteiger partial charge is 0.381 e. The Bertz CT molecular complexity index is 667. The minimum Gasteiger partial charge on any atom is -0.381 e. The zero-order chi connectivity index (χ0) is 14.7. The maximum Gasteiger partial charge on any atom is 0.282 e. The zero-order valence-electron chi connectivity index (χ0n) is 10.1. The highest BCUT2D eigenvalue weighted by Crippen LogP contribution is 2.25. The number of hydrogen-bond acceptors (Lipinski definition) is 3. The van der Waals surface area contributed by atoms with E-state index in [4.69, 9.17) is 0 Å². The Morgan fingerprint density at radius 3 is 2.70 bits per heavy atom. The van der Waals surface area contributed by atoms with E-state index in [9.17, 15) is 14.5 Å². The lowest BCUT2D eigenvalue weighted by Crippen LogP contribution is -2.02. The molecule has 0 bridgehead atoms. The Morgan fingerprint density at radius 2 is 2.05 bits per heavy atom. The van der Waals surface area contributed by atoms with Crippen molar-refractivity contribution < 1.29 is 9.31 Å². The molecule has 0 heterocycles. The number of halogens is 3. The second kappa shape index (κ2) is 6.49. The molecule has 2 aromatic carbocycles. The van der Waals surface area contributed by atoms with Gasteiger partial charge in [0.1, 0.15) is 5.82 Å². The average molecular weight is 451 g/mol. The number of nitrogens with one attached hydrogen (secondary N) is 1. The standard InChI is InChI=1S/C13H9BrFIN2O2/c14-9-1-3-11(15)8(5-9)7-17-10-2-4-13(18(19)20)12(16)6-10/h1-6,17H,7H2. The summed E-state index contributed by atoms with van der Waals surface area (Å²) >= 11 is 5.19. The first-order chi connectivity index (χ1) is 9.47. The van der Waals surface area contributed by atoms with Gasteiger partial charge in [-0.2, -0.15) is 0 Å². The average Bonchev–Trinajstić information content (AvgIpc) is 2.39. The molecule has 0 radical (unpaired) electrons. The predicted octanol–water partition coefficient (Wildman–Crippen LogP) is 4.71. The molecule has 104 valence electrons. The van der Waals surface area contributed by atoms with Gasteiger partial charge in [-0.15, -0.1) is 0 Å². The van der Waals surface area contributed by atoms with Crippen molar-refractivity contribution >= 4 is 49.9 Å². The van der Waals surface area contributed by atoms with Gasteiger partial charge in [0, 0.05) is 28.3 Å². The Labute approximate surface area is 136 Å². The SMILES string of the molecule is O=[N+]([O-])c1ccc(NCc2cc(Br)ccc2F)cc1I. The molecule has 0 fully saturated rings. The first-order valence-corrected chi connectivity index (χ1v) is 7.46. The van der Waals surface area contributed by atoms with E-state index in [1.165, 1.54) is 12.1 Å². The van der Waals surface area contributed by atoms with E-state index in [-0.39, 0.29) is 11.5 Å². The number of nitro groups is 1. The second-order valence-electron chi connectivity index (χ2n) is 4.01. The van der Waals surface area contributed by atoms with Crippen LogP contribution in [0.25, 0.3) is 0 Å². The zero-order valence-corrected chi connectivity index (χ0v) is 13.8. The van der Waals surface area contributed by atoms with Crippen molar-refractivity contribution in [1.82, 2.24) is 0 Å². The van der Waals surface area contributed by atoms with Crippen LogP contribution in [0.3, 0.4) is 0 Å². The molecule has 2 aromatic rings. The summed E-state index contributed by atoms with van der Waals surface area (Å²) < 4.78 is 14.9. The van der Waals surface area contributed by atoms with E-state index >= 15 is 0 Å². The van der Waals surface area contributed by atoms with Gasteiger partial charge in [0.25, 0.3) is 5.69 Å². The normalized spacial score (nSPS) is 10.3. The molecule has 0 aromatic heterocycles. The molecular formula is C13H9BrFIN2O2. The summed E-state index contributed by atoms with van der Waals surface area (Å²) in [5.41, 5.74) is 1.29. The molecule has 0 unspecified atom stereocenters. The van der Waals surface area contributed by atoms with Crippen LogP contribution in [0.5, 0.6) is 0 Å². The maximum absolute atomic E-state index is 13.6. The van der Waals surface area contributed by atoms with Gasteiger partial charge in [-0.25, -0.2) is 4.39 Å². The van der Waals surface area contributed by atoms with Crippen LogP contribution in [0.2, 0.25) is 0 Å². The third-order valence-electron chi connectivity index (χ3n) is 2.64. The smallest absolute Gasteiger partial charge is 0.282 e. The fourth-order valence-corrected chi connectivity index (χ4v) is 2.76. The Hall–Kier alpha value is -1.22. The number of hydrogen-bond donors (Lipinski definition) is 1. The molecule has 0 spiro atoms. The molecule has 0 aliphatic rings. The van der Waals surface area contributed by atoms with Crippen molar-refractivity contribution in [2.45, 2.75) is 6.54 Å². The van der Waals surface area contributed by atoms with Crippen molar-refractivity contribution in [3.05, 3.63) is 65.9 Å². The quantitative estimate of drug-likeness (QED) is 0.417. The third-order valence-corrected chi connectivity index (χ3v) is 3.99. The van der Waals surface area contributed by atoms with Crippen molar-refractivity contribution in [3.8, 4) is 0 Å². The monoisotopic (exact) mass is 450 g/mol. The van der Waals surface area contributed by atoms with Crippen LogP contribution in [0.1, 0.15) is 5.56 Å². The molecule has 20 heavy (non-hydrogen) atoms. The first-order valence-electron chi connectivity index (χ1n) is 5.59. The summed E-state index contributed by atoms with van der Waals surface area (Å²) in [7, 11) is 0. The Balaban J connectivity index is 2.13. The summed E-state index contributed by atoms with van der Waals surface area (Å²) in [5.74, 6) is -0.294. The van der Waals surface area contributed by atoms with Crippen LogP contribution in [0, 0.1) is 19.5 Å². The van der Waals surface area contributed by atoms with Crippen molar-refractivity contribution in [2.75, 3.05) is 5.32 Å². The summed E-state index contributed by atoms with van der Waals surface area (Å²) in [6.07, 6.45) is 0. The third kappa shape index (κ3) is 3.66. The van der Waals surface area contributed by atoms with Gasteiger partial charge in [0.05, 0.1) is 8.49 Å². The first kappa shape index (κ1) is 15.2. The number of rotatable bonds is 4. The van der Waals surface area contributed by atoms with Crippen molar-refractivity contribution in [3.63, 3.8) is 0 Å². The summed E-state index contributed by atoms with van der Waals surface area (Å²) in [5, 5.41) is 13.8. The van der Waals surface area contributed by atoms with Crippen LogP contribution >= 0.6 is 38.5 Å². The molecule has 0 saturated carbocycles. The van der Waals surface area contributed by atoms with E-state index in [1.54, 1.807) is 24.3 Å². The molecule has 1 N–H and O–H groups in total. The van der Waals surface area contributed by atoms with E-state index < -0.39 is 4.92 Å². The number of nitro benzene ring substituents is 1. The number of anilines is 1. The maximum atomic E-state index is 13.6. The van der Waals surface area contributed by atoms with Crippen LogP contribution in [0.15, 0.2) is 40.9 Å². The van der Waals surface area contributed by atoms with Gasteiger partial charge in [-0.1, -0.05) is 15.9 Å². The van der Waals surface area contributed by atoms with Crippen LogP contribution < -0.4 is 5.32 Å². The second-order valence-corrected chi connectivity index (χ2v) is 6.09. The van der Waals surface area contributed by atoms with Crippen LogP contribution in [-0.4, -0.2) is 4.92 Å². The van der Waals surface area contributed by atoms with E-state index in [1.807, 2.05) is 22.6 Å². The highest BCUT2D eigenvalue weighted by Gasteiger charge is 2.11. The van der Waals surface area contributed by atoms with Crippen LogP contribution in [-0.2, 0) is 6.54 Å². The molecular weight excluding hydrogens is 442 g/mol. The predicted molar refractivity (Wildman–Crippen MR) is 87.2 cm³/mol. The van der Waals surface area contributed by atoms with Crippen LogP contribution in [0.4, 0.5) is 15.8 Å². The Morgan fingerprint density at radius 1 is 1.30 bits per heavy atom. The summed E-state index contributed by atoms with van der Waals surface area (Å²) in [6.45, 7) is 0.305. The highest BCUT2D eigenvalue weighted by molar-refractivity contribution is 14.1. The van der Waals surface area contributed by atoms with Crippen molar-refractivity contribution in [2.24, 2.45) is 0 Å².